The van der Waals surface area contributed by atoms with Gasteiger partial charge in [0, 0.05) is 16.1 Å². The molecule has 0 bridgehead atoms. The average Bonchev–Trinajstić information content (AvgIpc) is 2.70. The molecule has 0 fully saturated rings. The van der Waals surface area contributed by atoms with Gasteiger partial charge < -0.3 is 5.32 Å². The Bertz CT molecular complexity index is 572. The summed E-state index contributed by atoms with van der Waals surface area (Å²) in [5, 5.41) is 3.26. The van der Waals surface area contributed by atoms with Gasteiger partial charge in [0.15, 0.2) is 0 Å². The molecule has 1 atom stereocenters. The number of alkyl halides is 2. The normalized spacial score (nSPS) is 12.7. The summed E-state index contributed by atoms with van der Waals surface area (Å²) in [6.45, 7) is 1.96. The number of halogens is 4. The van der Waals surface area contributed by atoms with E-state index < -0.39 is 5.76 Å². The van der Waals surface area contributed by atoms with Gasteiger partial charge in [-0.3, -0.25) is 0 Å². The van der Waals surface area contributed by atoms with E-state index in [2.05, 4.69) is 5.32 Å². The zero-order chi connectivity index (χ0) is 14.7. The van der Waals surface area contributed by atoms with Crippen molar-refractivity contribution < 1.29 is 8.78 Å². The molecule has 108 valence electrons. The third-order valence-corrected chi connectivity index (χ3v) is 4.85. The van der Waals surface area contributed by atoms with Crippen LogP contribution in [0.15, 0.2) is 35.2 Å². The van der Waals surface area contributed by atoms with E-state index in [9.17, 15) is 8.78 Å². The summed E-state index contributed by atoms with van der Waals surface area (Å²) in [4.78, 5) is 0.537. The highest BCUT2D eigenvalue weighted by atomic mass is 35.5. The second kappa shape index (κ2) is 6.98. The second-order valence-corrected chi connectivity index (χ2v) is 7.40. The van der Waals surface area contributed by atoms with Gasteiger partial charge in [0.1, 0.15) is 0 Å². The molecular formula is C13H11Cl2F2NS2. The lowest BCUT2D eigenvalue weighted by molar-refractivity contribution is 0.252. The SMILES string of the molecule is CC(Nc1ccc(SC(F)F)cc1)c1cc(Cl)sc1Cl. The average molecular weight is 354 g/mol. The highest BCUT2D eigenvalue weighted by Crippen LogP contribution is 2.36. The molecule has 1 aromatic heterocycles. The van der Waals surface area contributed by atoms with E-state index in [0.29, 0.717) is 25.3 Å². The maximum atomic E-state index is 12.2. The van der Waals surface area contributed by atoms with Crippen LogP contribution >= 0.6 is 46.3 Å². The van der Waals surface area contributed by atoms with E-state index in [-0.39, 0.29) is 6.04 Å². The summed E-state index contributed by atoms with van der Waals surface area (Å²) in [6.07, 6.45) is 0. The van der Waals surface area contributed by atoms with Gasteiger partial charge in [-0.15, -0.1) is 11.3 Å². The lowest BCUT2D eigenvalue weighted by atomic mass is 10.1. The number of thiophene rings is 1. The third kappa shape index (κ3) is 4.25. The molecule has 0 saturated carbocycles. The first kappa shape index (κ1) is 15.9. The van der Waals surface area contributed by atoms with Crippen molar-refractivity contribution >= 4 is 52.0 Å². The molecule has 0 aliphatic carbocycles. The van der Waals surface area contributed by atoms with E-state index in [1.165, 1.54) is 11.3 Å². The fourth-order valence-electron chi connectivity index (χ4n) is 1.71. The largest absolute Gasteiger partial charge is 0.378 e. The van der Waals surface area contributed by atoms with Gasteiger partial charge in [-0.2, -0.15) is 8.78 Å². The van der Waals surface area contributed by atoms with Gasteiger partial charge in [-0.25, -0.2) is 0 Å². The summed E-state index contributed by atoms with van der Waals surface area (Å²) in [6, 6.07) is 8.67. The second-order valence-electron chi connectivity index (χ2n) is 4.05. The molecule has 1 unspecified atom stereocenters. The molecule has 2 rings (SSSR count). The maximum absolute atomic E-state index is 12.2. The molecule has 2 aromatic rings. The van der Waals surface area contributed by atoms with Crippen molar-refractivity contribution in [2.75, 3.05) is 5.32 Å². The van der Waals surface area contributed by atoms with Crippen molar-refractivity contribution in [1.29, 1.82) is 0 Å². The van der Waals surface area contributed by atoms with Crippen LogP contribution in [0.25, 0.3) is 0 Å². The lowest BCUT2D eigenvalue weighted by Crippen LogP contribution is -2.05. The van der Waals surface area contributed by atoms with Crippen LogP contribution in [0.5, 0.6) is 0 Å². The van der Waals surface area contributed by atoms with E-state index in [0.717, 1.165) is 11.3 Å². The van der Waals surface area contributed by atoms with Crippen LogP contribution in [0.2, 0.25) is 8.67 Å². The molecule has 7 heteroatoms. The van der Waals surface area contributed by atoms with Crippen molar-refractivity contribution in [2.24, 2.45) is 0 Å². The molecule has 1 nitrogen and oxygen atoms in total. The van der Waals surface area contributed by atoms with E-state index in [1.54, 1.807) is 24.3 Å². The first-order chi connectivity index (χ1) is 9.45. The minimum atomic E-state index is -2.40. The Kier molecular flexibility index (Phi) is 5.55. The summed E-state index contributed by atoms with van der Waals surface area (Å²) < 4.78 is 25.7. The van der Waals surface area contributed by atoms with Gasteiger partial charge in [0.25, 0.3) is 5.76 Å². The molecule has 0 aliphatic heterocycles. The Morgan fingerprint density at radius 3 is 2.35 bits per heavy atom. The number of thioether (sulfide) groups is 1. The molecule has 20 heavy (non-hydrogen) atoms. The predicted octanol–water partition coefficient (Wildman–Crippen LogP) is 6.54. The van der Waals surface area contributed by atoms with Gasteiger partial charge in [-0.05, 0) is 37.3 Å². The molecule has 0 saturated heterocycles. The van der Waals surface area contributed by atoms with E-state index >= 15 is 0 Å². The van der Waals surface area contributed by atoms with Crippen LogP contribution in [0.1, 0.15) is 18.5 Å². The summed E-state index contributed by atoms with van der Waals surface area (Å²) in [7, 11) is 0. The first-order valence-corrected chi connectivity index (χ1v) is 8.17. The minimum Gasteiger partial charge on any atom is -0.378 e. The van der Waals surface area contributed by atoms with Crippen molar-refractivity contribution in [1.82, 2.24) is 0 Å². The number of hydrogen-bond donors (Lipinski definition) is 1. The summed E-state index contributed by atoms with van der Waals surface area (Å²) >= 11 is 13.9. The zero-order valence-electron chi connectivity index (χ0n) is 10.4. The highest BCUT2D eigenvalue weighted by Gasteiger charge is 2.13. The molecule has 1 aromatic carbocycles. The number of nitrogens with one attached hydrogen (secondary N) is 1. The van der Waals surface area contributed by atoms with Gasteiger partial charge >= 0.3 is 0 Å². The topological polar surface area (TPSA) is 12.0 Å². The molecule has 0 spiro atoms. The lowest BCUT2D eigenvalue weighted by Gasteiger charge is -2.15. The summed E-state index contributed by atoms with van der Waals surface area (Å²) in [5.74, 6) is -2.40. The van der Waals surface area contributed by atoms with Crippen LogP contribution < -0.4 is 5.32 Å². The van der Waals surface area contributed by atoms with Crippen LogP contribution in [0.4, 0.5) is 14.5 Å². The number of benzene rings is 1. The molecule has 0 radical (unpaired) electrons. The van der Waals surface area contributed by atoms with Gasteiger partial charge in [0.2, 0.25) is 0 Å². The highest BCUT2D eigenvalue weighted by molar-refractivity contribution is 7.99. The Morgan fingerprint density at radius 1 is 1.20 bits per heavy atom. The maximum Gasteiger partial charge on any atom is 0.288 e. The zero-order valence-corrected chi connectivity index (χ0v) is 13.5. The molecule has 0 aliphatic rings. The summed E-state index contributed by atoms with van der Waals surface area (Å²) in [5.41, 5.74) is 1.77. The smallest absolute Gasteiger partial charge is 0.288 e. The van der Waals surface area contributed by atoms with Crippen LogP contribution in [0.3, 0.4) is 0 Å². The van der Waals surface area contributed by atoms with E-state index in [1.807, 2.05) is 13.0 Å². The van der Waals surface area contributed by atoms with Crippen molar-refractivity contribution in [3.8, 4) is 0 Å². The van der Waals surface area contributed by atoms with Crippen molar-refractivity contribution in [2.45, 2.75) is 23.6 Å². The predicted molar refractivity (Wildman–Crippen MR) is 84.7 cm³/mol. The minimum absolute atomic E-state index is 0.0140. The standard InChI is InChI=1S/C13H11Cl2F2NS2/c1-7(10-6-11(14)20-12(10)15)18-8-2-4-9(5-3-8)19-13(16)17/h2-7,13,18H,1H3. The van der Waals surface area contributed by atoms with E-state index in [4.69, 9.17) is 23.2 Å². The fourth-order valence-corrected chi connectivity index (χ4v) is 3.85. The molecule has 1 N–H and O–H groups in total. The van der Waals surface area contributed by atoms with Crippen LogP contribution in [0, 0.1) is 0 Å². The van der Waals surface area contributed by atoms with Crippen molar-refractivity contribution in [3.05, 3.63) is 44.6 Å². The Balaban J connectivity index is 2.04. The Morgan fingerprint density at radius 2 is 1.85 bits per heavy atom. The van der Waals surface area contributed by atoms with Gasteiger partial charge in [0.05, 0.1) is 14.7 Å². The third-order valence-electron chi connectivity index (χ3n) is 2.61. The van der Waals surface area contributed by atoms with Gasteiger partial charge in [-0.1, -0.05) is 35.0 Å². The molecular weight excluding hydrogens is 343 g/mol. The van der Waals surface area contributed by atoms with Crippen LogP contribution in [-0.4, -0.2) is 5.76 Å². The molecule has 1 heterocycles. The molecule has 0 amide bonds. The quantitative estimate of drug-likeness (QED) is 0.612. The monoisotopic (exact) mass is 353 g/mol. The number of anilines is 1. The number of rotatable bonds is 5. The first-order valence-electron chi connectivity index (χ1n) is 5.72. The Hall–Kier alpha value is -0.490. The van der Waals surface area contributed by atoms with Crippen molar-refractivity contribution in [3.63, 3.8) is 0 Å². The fraction of sp³-hybridized carbons (Fsp3) is 0.231. The Labute approximate surface area is 134 Å². The van der Waals surface area contributed by atoms with Crippen LogP contribution in [-0.2, 0) is 0 Å². The number of hydrogen-bond acceptors (Lipinski definition) is 3.